The molecule has 0 amide bonds. The third-order valence-corrected chi connectivity index (χ3v) is 4.13. The third kappa shape index (κ3) is 1.60. The van der Waals surface area contributed by atoms with Crippen LogP contribution in [0.4, 0.5) is 0 Å². The molecular formula is C16H14BrN. The van der Waals surface area contributed by atoms with Crippen LogP contribution < -0.4 is 0 Å². The quantitative estimate of drug-likeness (QED) is 0.601. The van der Waals surface area contributed by atoms with Gasteiger partial charge in [0.15, 0.2) is 0 Å². The Bertz CT molecular complexity index is 711. The van der Waals surface area contributed by atoms with Crippen molar-refractivity contribution in [3.05, 3.63) is 58.6 Å². The number of halogens is 1. The van der Waals surface area contributed by atoms with Gasteiger partial charge in [0, 0.05) is 22.4 Å². The van der Waals surface area contributed by atoms with Gasteiger partial charge < -0.3 is 4.57 Å². The summed E-state index contributed by atoms with van der Waals surface area (Å²) < 4.78 is 3.43. The van der Waals surface area contributed by atoms with Crippen LogP contribution in [0.1, 0.15) is 5.56 Å². The molecule has 1 heterocycles. The molecule has 90 valence electrons. The van der Waals surface area contributed by atoms with Crippen molar-refractivity contribution in [3.63, 3.8) is 0 Å². The number of benzene rings is 2. The Morgan fingerprint density at radius 3 is 2.33 bits per heavy atom. The Morgan fingerprint density at radius 2 is 1.67 bits per heavy atom. The smallest absolute Gasteiger partial charge is 0.0518 e. The molecule has 2 heteroatoms. The molecule has 2 aromatic carbocycles. The van der Waals surface area contributed by atoms with Gasteiger partial charge in [0.2, 0.25) is 0 Å². The molecule has 0 N–H and O–H groups in total. The number of aromatic nitrogens is 1. The summed E-state index contributed by atoms with van der Waals surface area (Å²) in [5, 5.41) is 1.30. The number of nitrogens with zero attached hydrogens (tertiary/aromatic N) is 1. The van der Waals surface area contributed by atoms with Crippen molar-refractivity contribution >= 4 is 26.8 Å². The fourth-order valence-electron chi connectivity index (χ4n) is 2.66. The molecule has 0 aliphatic carbocycles. The minimum atomic E-state index is 1.16. The monoisotopic (exact) mass is 299 g/mol. The number of rotatable bonds is 1. The predicted molar refractivity (Wildman–Crippen MR) is 80.8 cm³/mol. The standard InChI is InChI=1S/C16H14BrN/c1-11-15-13(17)9-6-10-14(15)18(2)16(11)12-7-4-3-5-8-12/h3-10H,1-2H3. The zero-order valence-corrected chi connectivity index (χ0v) is 12.0. The Labute approximate surface area is 115 Å². The van der Waals surface area contributed by atoms with E-state index in [9.17, 15) is 0 Å². The zero-order valence-electron chi connectivity index (χ0n) is 10.4. The lowest BCUT2D eigenvalue weighted by molar-refractivity contribution is 0.973. The van der Waals surface area contributed by atoms with Crippen molar-refractivity contribution in [2.75, 3.05) is 0 Å². The van der Waals surface area contributed by atoms with Crippen LogP contribution in [-0.2, 0) is 7.05 Å². The lowest BCUT2D eigenvalue weighted by Gasteiger charge is -2.05. The van der Waals surface area contributed by atoms with Crippen molar-refractivity contribution in [2.24, 2.45) is 7.05 Å². The van der Waals surface area contributed by atoms with E-state index < -0.39 is 0 Å². The summed E-state index contributed by atoms with van der Waals surface area (Å²) in [6.45, 7) is 2.19. The Hall–Kier alpha value is -1.54. The van der Waals surface area contributed by atoms with Gasteiger partial charge in [-0.05, 0) is 30.2 Å². The number of aryl methyl sites for hydroxylation is 2. The Balaban J connectivity index is 2.42. The molecular weight excluding hydrogens is 286 g/mol. The van der Waals surface area contributed by atoms with Crippen molar-refractivity contribution in [2.45, 2.75) is 6.92 Å². The average molecular weight is 300 g/mol. The molecule has 0 saturated heterocycles. The van der Waals surface area contributed by atoms with Gasteiger partial charge in [0.1, 0.15) is 0 Å². The van der Waals surface area contributed by atoms with E-state index in [2.05, 4.69) is 83.0 Å². The molecule has 1 aromatic heterocycles. The van der Waals surface area contributed by atoms with Crippen molar-refractivity contribution < 1.29 is 0 Å². The van der Waals surface area contributed by atoms with Crippen LogP contribution in [0.5, 0.6) is 0 Å². The molecule has 3 aromatic rings. The second-order valence-electron chi connectivity index (χ2n) is 4.53. The first kappa shape index (κ1) is 11.5. The number of hydrogen-bond acceptors (Lipinski definition) is 0. The van der Waals surface area contributed by atoms with Crippen LogP contribution >= 0.6 is 15.9 Å². The number of fused-ring (bicyclic) bond motifs is 1. The molecule has 0 aliphatic heterocycles. The van der Waals surface area contributed by atoms with Crippen LogP contribution in [0.2, 0.25) is 0 Å². The molecule has 0 spiro atoms. The number of hydrogen-bond donors (Lipinski definition) is 0. The summed E-state index contributed by atoms with van der Waals surface area (Å²) >= 11 is 3.65. The molecule has 0 saturated carbocycles. The Kier molecular flexibility index (Phi) is 2.75. The first-order chi connectivity index (χ1) is 8.70. The topological polar surface area (TPSA) is 4.93 Å². The lowest BCUT2D eigenvalue weighted by atomic mass is 10.1. The third-order valence-electron chi connectivity index (χ3n) is 3.47. The Morgan fingerprint density at radius 1 is 0.944 bits per heavy atom. The van der Waals surface area contributed by atoms with Crippen LogP contribution in [0.3, 0.4) is 0 Å². The van der Waals surface area contributed by atoms with E-state index in [0.717, 1.165) is 4.47 Å². The average Bonchev–Trinajstić information content (AvgIpc) is 2.64. The highest BCUT2D eigenvalue weighted by Gasteiger charge is 2.14. The molecule has 0 unspecified atom stereocenters. The lowest BCUT2D eigenvalue weighted by Crippen LogP contribution is -1.91. The van der Waals surface area contributed by atoms with Gasteiger partial charge in [-0.25, -0.2) is 0 Å². The summed E-state index contributed by atoms with van der Waals surface area (Å²) in [5.74, 6) is 0. The fourth-order valence-corrected chi connectivity index (χ4v) is 3.31. The minimum Gasteiger partial charge on any atom is -0.343 e. The highest BCUT2D eigenvalue weighted by molar-refractivity contribution is 9.10. The van der Waals surface area contributed by atoms with Crippen LogP contribution in [0.25, 0.3) is 22.2 Å². The summed E-state index contributed by atoms with van der Waals surface area (Å²) in [4.78, 5) is 0. The second kappa shape index (κ2) is 4.29. The van der Waals surface area contributed by atoms with E-state index in [4.69, 9.17) is 0 Å². The van der Waals surface area contributed by atoms with E-state index in [1.54, 1.807) is 0 Å². The maximum absolute atomic E-state index is 3.65. The van der Waals surface area contributed by atoms with E-state index in [1.165, 1.54) is 27.7 Å². The van der Waals surface area contributed by atoms with Crippen molar-refractivity contribution in [1.29, 1.82) is 0 Å². The van der Waals surface area contributed by atoms with Gasteiger partial charge in [0.25, 0.3) is 0 Å². The van der Waals surface area contributed by atoms with E-state index >= 15 is 0 Å². The van der Waals surface area contributed by atoms with E-state index in [1.807, 2.05) is 0 Å². The van der Waals surface area contributed by atoms with Crippen LogP contribution in [-0.4, -0.2) is 4.57 Å². The summed E-state index contributed by atoms with van der Waals surface area (Å²) in [6.07, 6.45) is 0. The van der Waals surface area contributed by atoms with Crippen molar-refractivity contribution in [3.8, 4) is 11.3 Å². The van der Waals surface area contributed by atoms with Gasteiger partial charge >= 0.3 is 0 Å². The van der Waals surface area contributed by atoms with Crippen LogP contribution in [0.15, 0.2) is 53.0 Å². The van der Waals surface area contributed by atoms with E-state index in [-0.39, 0.29) is 0 Å². The molecule has 0 radical (unpaired) electrons. The summed E-state index contributed by atoms with van der Waals surface area (Å²) in [7, 11) is 2.13. The minimum absolute atomic E-state index is 1.16. The van der Waals surface area contributed by atoms with Crippen LogP contribution in [0, 0.1) is 6.92 Å². The normalized spacial score (nSPS) is 11.1. The molecule has 0 atom stereocenters. The predicted octanol–water partition coefficient (Wildman–Crippen LogP) is 4.92. The zero-order chi connectivity index (χ0) is 12.7. The molecule has 0 aliphatic rings. The summed E-state index contributed by atoms with van der Waals surface area (Å²) in [5.41, 5.74) is 5.14. The van der Waals surface area contributed by atoms with Crippen molar-refractivity contribution in [1.82, 2.24) is 4.57 Å². The highest BCUT2D eigenvalue weighted by atomic mass is 79.9. The van der Waals surface area contributed by atoms with Gasteiger partial charge in [-0.15, -0.1) is 0 Å². The largest absolute Gasteiger partial charge is 0.343 e. The fraction of sp³-hybridized carbons (Fsp3) is 0.125. The van der Waals surface area contributed by atoms with Gasteiger partial charge in [-0.1, -0.05) is 52.3 Å². The molecule has 1 nitrogen and oxygen atoms in total. The molecule has 18 heavy (non-hydrogen) atoms. The molecule has 0 fully saturated rings. The van der Waals surface area contributed by atoms with Gasteiger partial charge in [0.05, 0.1) is 5.69 Å². The first-order valence-electron chi connectivity index (χ1n) is 5.99. The highest BCUT2D eigenvalue weighted by Crippen LogP contribution is 2.35. The first-order valence-corrected chi connectivity index (χ1v) is 6.78. The van der Waals surface area contributed by atoms with Gasteiger partial charge in [-0.3, -0.25) is 0 Å². The SMILES string of the molecule is Cc1c(-c2ccccc2)n(C)c2cccc(Br)c12. The molecule has 3 rings (SSSR count). The van der Waals surface area contributed by atoms with Gasteiger partial charge in [-0.2, -0.15) is 0 Å². The molecule has 0 bridgehead atoms. The maximum Gasteiger partial charge on any atom is 0.0518 e. The summed E-state index contributed by atoms with van der Waals surface area (Å²) in [6, 6.07) is 16.9. The maximum atomic E-state index is 3.65. The second-order valence-corrected chi connectivity index (χ2v) is 5.39. The van der Waals surface area contributed by atoms with E-state index in [0.29, 0.717) is 0 Å².